The number of hydrogen-bond acceptors (Lipinski definition) is 9. The van der Waals surface area contributed by atoms with E-state index in [0.29, 0.717) is 46.4 Å². The number of aliphatic hydroxyl groups is 1. The lowest BCUT2D eigenvalue weighted by Crippen LogP contribution is -2.49. The minimum atomic E-state index is -0.724. The summed E-state index contributed by atoms with van der Waals surface area (Å²) >= 11 is 12.6. The molecule has 3 aromatic rings. The molecule has 0 atom stereocenters. The number of ether oxygens (including phenoxy) is 2. The van der Waals surface area contributed by atoms with E-state index < -0.39 is 11.7 Å². The number of likely N-dealkylation sites (tertiary alicyclic amines) is 1. The Kier molecular flexibility index (Phi) is 9.44. The van der Waals surface area contributed by atoms with Crippen molar-refractivity contribution in [2.24, 2.45) is 11.7 Å². The zero-order chi connectivity index (χ0) is 30.7. The second-order valence-electron chi connectivity index (χ2n) is 12.1. The number of benzene rings is 1. The molecular weight excluding hydrogens is 603 g/mol. The van der Waals surface area contributed by atoms with Gasteiger partial charge >= 0.3 is 6.09 Å². The highest BCUT2D eigenvalue weighted by molar-refractivity contribution is 6.35. The van der Waals surface area contributed by atoms with Crippen LogP contribution in [0.1, 0.15) is 31.2 Å². The number of rotatable bonds is 10. The van der Waals surface area contributed by atoms with E-state index in [-0.39, 0.29) is 0 Å². The molecule has 4 heterocycles. The second-order valence-corrected chi connectivity index (χ2v) is 13.0. The first-order valence-electron chi connectivity index (χ1n) is 15.2. The van der Waals surface area contributed by atoms with Gasteiger partial charge in [0.05, 0.1) is 24.1 Å². The van der Waals surface area contributed by atoms with Crippen LogP contribution in [-0.2, 0) is 11.3 Å². The fourth-order valence-electron chi connectivity index (χ4n) is 5.92. The number of pyridine rings is 2. The Morgan fingerprint density at radius 2 is 1.70 bits per heavy atom. The molecule has 2 saturated heterocycles. The van der Waals surface area contributed by atoms with Gasteiger partial charge in [0.2, 0.25) is 5.88 Å². The number of piperazine rings is 1. The highest BCUT2D eigenvalue weighted by Gasteiger charge is 2.42. The lowest BCUT2D eigenvalue weighted by atomic mass is 9.97. The van der Waals surface area contributed by atoms with Crippen molar-refractivity contribution in [2.45, 2.75) is 37.8 Å². The molecule has 3 N–H and O–H groups in total. The first-order chi connectivity index (χ1) is 21.2. The number of primary amides is 1. The van der Waals surface area contributed by atoms with E-state index in [1.165, 1.54) is 0 Å². The second kappa shape index (κ2) is 13.5. The van der Waals surface area contributed by atoms with Gasteiger partial charge in [-0.3, -0.25) is 9.80 Å². The molecule has 0 spiro atoms. The van der Waals surface area contributed by atoms with Crippen molar-refractivity contribution < 1.29 is 19.4 Å². The van der Waals surface area contributed by atoms with Crippen LogP contribution in [0.5, 0.6) is 11.6 Å². The lowest BCUT2D eigenvalue weighted by Gasteiger charge is -2.36. The van der Waals surface area contributed by atoms with Crippen LogP contribution in [0.2, 0.25) is 10.0 Å². The van der Waals surface area contributed by atoms with Gasteiger partial charge in [-0.1, -0.05) is 23.2 Å². The Morgan fingerprint density at radius 1 is 0.977 bits per heavy atom. The molecule has 3 fully saturated rings. The summed E-state index contributed by atoms with van der Waals surface area (Å²) in [7, 11) is 0. The number of nitrogens with two attached hydrogens (primary N) is 1. The first-order valence-corrected chi connectivity index (χ1v) is 15.9. The van der Waals surface area contributed by atoms with Crippen LogP contribution in [0, 0.1) is 5.92 Å². The van der Waals surface area contributed by atoms with Crippen molar-refractivity contribution in [3.63, 3.8) is 0 Å². The Morgan fingerprint density at radius 3 is 2.34 bits per heavy atom. The number of nitrogens with zero attached hydrogens (tertiary/aromatic N) is 5. The maximum absolute atomic E-state index is 11.0. The molecule has 1 saturated carbocycles. The van der Waals surface area contributed by atoms with Crippen molar-refractivity contribution in [3.8, 4) is 22.9 Å². The van der Waals surface area contributed by atoms with Gasteiger partial charge in [0, 0.05) is 60.9 Å². The number of carbonyl (C=O) groups excluding carboxylic acids is 1. The van der Waals surface area contributed by atoms with Crippen molar-refractivity contribution in [1.82, 2.24) is 19.8 Å². The molecule has 6 rings (SSSR count). The number of β-amino-alcohol motifs (C(OH)–C–C–N with tert-alkyl or cyclic N) is 1. The summed E-state index contributed by atoms with van der Waals surface area (Å²) in [5.74, 6) is 2.27. The van der Waals surface area contributed by atoms with Gasteiger partial charge in [0.25, 0.3) is 0 Å². The summed E-state index contributed by atoms with van der Waals surface area (Å²) < 4.78 is 11.3. The predicted molar refractivity (Wildman–Crippen MR) is 170 cm³/mol. The fraction of sp³-hybridized carbons (Fsp3) is 0.469. The standard InChI is InChI=1S/C32H38Cl2N6O4/c33-25-15-24(16-26(34)17-25)28-13-23(19-38-7-3-22(4-8-38)20-43-31(35)41)14-30(37-28)44-27-1-2-29(36-18-27)40-11-9-39(10-12-40)21-32(42)5-6-32/h1-2,13-18,22,42H,3-12,19-21H2,(H2,35,41). The third kappa shape index (κ3) is 8.31. The summed E-state index contributed by atoms with van der Waals surface area (Å²) in [6.45, 7) is 7.16. The summed E-state index contributed by atoms with van der Waals surface area (Å²) in [4.78, 5) is 27.4. The average Bonchev–Trinajstić information content (AvgIpc) is 3.73. The van der Waals surface area contributed by atoms with Gasteiger partial charge in [-0.25, -0.2) is 14.8 Å². The van der Waals surface area contributed by atoms with Crippen molar-refractivity contribution in [2.75, 3.05) is 57.3 Å². The number of carbonyl (C=O) groups is 1. The highest BCUT2D eigenvalue weighted by atomic mass is 35.5. The quantitative estimate of drug-likeness (QED) is 0.308. The molecule has 2 aromatic heterocycles. The Labute approximate surface area is 267 Å². The number of aromatic nitrogens is 2. The fourth-order valence-corrected chi connectivity index (χ4v) is 6.44. The van der Waals surface area contributed by atoms with E-state index in [1.807, 2.05) is 36.4 Å². The Hall–Kier alpha value is -3.15. The largest absolute Gasteiger partial charge is 0.449 e. The molecule has 10 nitrogen and oxygen atoms in total. The van der Waals surface area contributed by atoms with E-state index >= 15 is 0 Å². The van der Waals surface area contributed by atoms with Gasteiger partial charge in [-0.2, -0.15) is 0 Å². The van der Waals surface area contributed by atoms with E-state index in [4.69, 9.17) is 43.4 Å². The first kappa shape index (κ1) is 30.9. The molecule has 3 aliphatic rings. The SMILES string of the molecule is NC(=O)OCC1CCN(Cc2cc(Oc3ccc(N4CCN(CC5(O)CC5)CC4)nc3)nc(-c3cc(Cl)cc(Cl)c3)c2)CC1. The van der Waals surface area contributed by atoms with Crippen LogP contribution < -0.4 is 15.4 Å². The minimum Gasteiger partial charge on any atom is -0.449 e. The molecule has 1 aliphatic carbocycles. The third-order valence-corrected chi connectivity index (χ3v) is 9.02. The predicted octanol–water partition coefficient (Wildman–Crippen LogP) is 5.20. The summed E-state index contributed by atoms with van der Waals surface area (Å²) in [6, 6.07) is 13.3. The maximum Gasteiger partial charge on any atom is 0.404 e. The molecule has 1 amide bonds. The molecule has 0 radical (unpaired) electrons. The van der Waals surface area contributed by atoms with E-state index in [1.54, 1.807) is 12.3 Å². The lowest BCUT2D eigenvalue weighted by molar-refractivity contribution is 0.0887. The molecule has 12 heteroatoms. The zero-order valence-corrected chi connectivity index (χ0v) is 26.1. The van der Waals surface area contributed by atoms with Crippen molar-refractivity contribution in [1.29, 1.82) is 0 Å². The van der Waals surface area contributed by atoms with Gasteiger partial charge in [-0.05, 0) is 86.7 Å². The molecule has 2 aliphatic heterocycles. The Balaban J connectivity index is 1.13. The summed E-state index contributed by atoms with van der Waals surface area (Å²) in [5.41, 5.74) is 7.24. The maximum atomic E-state index is 11.0. The average molecular weight is 642 g/mol. The van der Waals surface area contributed by atoms with Crippen LogP contribution in [0.25, 0.3) is 11.3 Å². The van der Waals surface area contributed by atoms with Crippen molar-refractivity contribution in [3.05, 3.63) is 64.3 Å². The molecule has 234 valence electrons. The minimum absolute atomic E-state index is 0.314. The van der Waals surface area contributed by atoms with Gasteiger partial charge < -0.3 is 25.2 Å². The molecule has 44 heavy (non-hydrogen) atoms. The van der Waals surface area contributed by atoms with Crippen molar-refractivity contribution >= 4 is 35.1 Å². The van der Waals surface area contributed by atoms with Gasteiger partial charge in [0.15, 0.2) is 0 Å². The smallest absolute Gasteiger partial charge is 0.404 e. The van der Waals surface area contributed by atoms with E-state index in [2.05, 4.69) is 19.7 Å². The van der Waals surface area contributed by atoms with E-state index in [9.17, 15) is 9.90 Å². The zero-order valence-electron chi connectivity index (χ0n) is 24.6. The monoisotopic (exact) mass is 640 g/mol. The van der Waals surface area contributed by atoms with Crippen LogP contribution in [0.15, 0.2) is 48.7 Å². The summed E-state index contributed by atoms with van der Waals surface area (Å²) in [5, 5.41) is 11.3. The van der Waals surface area contributed by atoms with Crippen LogP contribution in [0.4, 0.5) is 10.6 Å². The highest BCUT2D eigenvalue weighted by Crippen LogP contribution is 2.36. The van der Waals surface area contributed by atoms with Crippen LogP contribution >= 0.6 is 23.2 Å². The number of anilines is 1. The van der Waals surface area contributed by atoms with E-state index in [0.717, 1.165) is 88.4 Å². The molecule has 0 bridgehead atoms. The number of halogens is 2. The molecule has 0 unspecified atom stereocenters. The van der Waals surface area contributed by atoms with Crippen LogP contribution in [-0.4, -0.2) is 89.0 Å². The molecular formula is C32H38Cl2N6O4. The third-order valence-electron chi connectivity index (χ3n) is 8.58. The molecule has 1 aromatic carbocycles. The van der Waals surface area contributed by atoms with Gasteiger partial charge in [0.1, 0.15) is 11.6 Å². The number of piperidine rings is 1. The summed E-state index contributed by atoms with van der Waals surface area (Å²) in [6.07, 6.45) is 4.69. The van der Waals surface area contributed by atoms with Crippen LogP contribution in [0.3, 0.4) is 0 Å². The number of hydrogen-bond donors (Lipinski definition) is 2. The Bertz CT molecular complexity index is 1440. The van der Waals surface area contributed by atoms with Gasteiger partial charge in [-0.15, -0.1) is 0 Å². The number of amides is 1. The topological polar surface area (TPSA) is 117 Å². The normalized spacial score (nSPS) is 19.1.